The highest BCUT2D eigenvalue weighted by atomic mass is 32.2. The molecule has 0 atom stereocenters. The predicted molar refractivity (Wildman–Crippen MR) is 197 cm³/mol. The van der Waals surface area contributed by atoms with Crippen molar-refractivity contribution in [2.75, 3.05) is 64.2 Å². The van der Waals surface area contributed by atoms with Gasteiger partial charge in [-0.15, -0.1) is 11.8 Å². The van der Waals surface area contributed by atoms with Gasteiger partial charge in [-0.1, -0.05) is 24.3 Å². The molecule has 1 fully saturated rings. The number of benzene rings is 3. The van der Waals surface area contributed by atoms with E-state index in [0.717, 1.165) is 45.9 Å². The largest absolute Gasteiger partial charge is 0.457 e. The standard InChI is InChI=1S/C38H41N7O6S/c39-36-34-35(26-9-11-29(12-10-26)51-28-5-2-1-3-6-28)43-45(37(34)42-25-41-36)27-13-15-44(16-14-27)33(46)24-50-20-19-48-17-18-49-21-22-52-32-8-4-7-30-31(32)23-40-38(30)47/h1-12,25,27H,13-24H2,(H,40,47)(H2,39,41,42). The topological polar surface area (TPSA) is 156 Å². The molecule has 0 saturated carbocycles. The highest BCUT2D eigenvalue weighted by molar-refractivity contribution is 7.99. The molecular formula is C38H41N7O6S. The first-order chi connectivity index (χ1) is 25.5. The van der Waals surface area contributed by atoms with E-state index >= 15 is 0 Å². The third-order valence-corrected chi connectivity index (χ3v) is 10.1. The van der Waals surface area contributed by atoms with Crippen LogP contribution in [0.1, 0.15) is 34.8 Å². The third-order valence-electron chi connectivity index (χ3n) is 9.05. The van der Waals surface area contributed by atoms with Crippen molar-refractivity contribution in [2.45, 2.75) is 30.3 Å². The zero-order valence-electron chi connectivity index (χ0n) is 28.7. The number of hydrogen-bond acceptors (Lipinski definition) is 11. The summed E-state index contributed by atoms with van der Waals surface area (Å²) in [6.07, 6.45) is 2.91. The van der Waals surface area contributed by atoms with Gasteiger partial charge >= 0.3 is 0 Å². The van der Waals surface area contributed by atoms with E-state index in [9.17, 15) is 9.59 Å². The van der Waals surface area contributed by atoms with Crippen molar-refractivity contribution in [1.29, 1.82) is 0 Å². The smallest absolute Gasteiger partial charge is 0.251 e. The molecular weight excluding hydrogens is 683 g/mol. The highest BCUT2D eigenvalue weighted by Gasteiger charge is 2.28. The van der Waals surface area contributed by atoms with Crippen LogP contribution in [-0.4, -0.2) is 94.9 Å². The van der Waals surface area contributed by atoms with Gasteiger partial charge in [-0.3, -0.25) is 9.59 Å². The first kappa shape index (κ1) is 35.4. The lowest BCUT2D eigenvalue weighted by Gasteiger charge is -2.32. The molecule has 1 saturated heterocycles. The van der Waals surface area contributed by atoms with Crippen molar-refractivity contribution < 1.29 is 28.5 Å². The first-order valence-corrected chi connectivity index (χ1v) is 18.4. The summed E-state index contributed by atoms with van der Waals surface area (Å²) >= 11 is 1.69. The van der Waals surface area contributed by atoms with Crippen LogP contribution in [0.4, 0.5) is 5.82 Å². The molecule has 5 aromatic rings. The first-order valence-electron chi connectivity index (χ1n) is 17.4. The molecule has 270 valence electrons. The quantitative estimate of drug-likeness (QED) is 0.103. The van der Waals surface area contributed by atoms with Gasteiger partial charge in [-0.25, -0.2) is 14.6 Å². The Balaban J connectivity index is 0.811. The summed E-state index contributed by atoms with van der Waals surface area (Å²) in [5, 5.41) is 8.57. The monoisotopic (exact) mass is 723 g/mol. The normalized spacial score (nSPS) is 14.5. The number of thioether (sulfide) groups is 1. The van der Waals surface area contributed by atoms with Crippen LogP contribution in [-0.2, 0) is 25.5 Å². The number of fused-ring (bicyclic) bond motifs is 2. The van der Waals surface area contributed by atoms with Crippen molar-refractivity contribution in [2.24, 2.45) is 0 Å². The van der Waals surface area contributed by atoms with E-state index in [0.29, 0.717) is 81.0 Å². The Bertz CT molecular complexity index is 1980. The predicted octanol–water partition coefficient (Wildman–Crippen LogP) is 5.12. The Labute approximate surface area is 305 Å². The van der Waals surface area contributed by atoms with Gasteiger partial charge in [0.1, 0.15) is 35.9 Å². The summed E-state index contributed by atoms with van der Waals surface area (Å²) in [7, 11) is 0. The minimum Gasteiger partial charge on any atom is -0.457 e. The number of para-hydroxylation sites is 1. The second kappa shape index (κ2) is 17.0. The Morgan fingerprint density at radius 2 is 1.60 bits per heavy atom. The lowest BCUT2D eigenvalue weighted by molar-refractivity contribution is -0.138. The fraction of sp³-hybridized carbons (Fsp3) is 0.342. The summed E-state index contributed by atoms with van der Waals surface area (Å²) in [5.41, 5.74) is 10.5. The lowest BCUT2D eigenvalue weighted by Crippen LogP contribution is -2.41. The molecule has 0 bridgehead atoms. The Morgan fingerprint density at radius 3 is 2.38 bits per heavy atom. The van der Waals surface area contributed by atoms with Crippen molar-refractivity contribution in [3.63, 3.8) is 0 Å². The molecule has 7 rings (SSSR count). The Hall–Kier alpha value is -5.02. The van der Waals surface area contributed by atoms with Crippen LogP contribution in [0.2, 0.25) is 0 Å². The van der Waals surface area contributed by atoms with E-state index in [1.165, 1.54) is 6.33 Å². The maximum Gasteiger partial charge on any atom is 0.251 e. The average molecular weight is 724 g/mol. The number of nitrogens with zero attached hydrogens (tertiary/aromatic N) is 5. The summed E-state index contributed by atoms with van der Waals surface area (Å²) in [6, 6.07) is 23.2. The van der Waals surface area contributed by atoms with Gasteiger partial charge in [0.15, 0.2) is 5.65 Å². The molecule has 2 aliphatic rings. The molecule has 3 aromatic carbocycles. The molecule has 2 aliphatic heterocycles. The van der Waals surface area contributed by atoms with Gasteiger partial charge in [0, 0.05) is 41.4 Å². The van der Waals surface area contributed by atoms with Gasteiger partial charge in [0.25, 0.3) is 5.91 Å². The Kier molecular flexibility index (Phi) is 11.6. The van der Waals surface area contributed by atoms with Crippen LogP contribution < -0.4 is 15.8 Å². The second-order valence-corrected chi connectivity index (χ2v) is 13.5. The van der Waals surface area contributed by atoms with Crippen LogP contribution in [0, 0.1) is 0 Å². The van der Waals surface area contributed by atoms with E-state index < -0.39 is 0 Å². The second-order valence-electron chi connectivity index (χ2n) is 12.4. The number of rotatable bonds is 16. The number of piperidine rings is 1. The van der Waals surface area contributed by atoms with Crippen LogP contribution in [0.25, 0.3) is 22.3 Å². The van der Waals surface area contributed by atoms with Gasteiger partial charge in [-0.2, -0.15) is 5.10 Å². The fourth-order valence-electron chi connectivity index (χ4n) is 6.38. The zero-order valence-corrected chi connectivity index (χ0v) is 29.6. The number of likely N-dealkylation sites (tertiary alicyclic amines) is 1. The number of carbonyl (C=O) groups is 2. The molecule has 13 nitrogen and oxygen atoms in total. The molecule has 52 heavy (non-hydrogen) atoms. The number of nitrogens with one attached hydrogen (secondary N) is 1. The molecule has 4 heterocycles. The summed E-state index contributed by atoms with van der Waals surface area (Å²) < 4.78 is 24.8. The van der Waals surface area contributed by atoms with Crippen LogP contribution >= 0.6 is 11.8 Å². The lowest BCUT2D eigenvalue weighted by atomic mass is 10.1. The van der Waals surface area contributed by atoms with E-state index in [1.54, 1.807) is 11.8 Å². The highest BCUT2D eigenvalue weighted by Crippen LogP contribution is 2.35. The third kappa shape index (κ3) is 8.37. The molecule has 0 aliphatic carbocycles. The van der Waals surface area contributed by atoms with Gasteiger partial charge < -0.3 is 34.9 Å². The van der Waals surface area contributed by atoms with Crippen molar-refractivity contribution in [3.05, 3.63) is 90.3 Å². The number of carbonyl (C=O) groups excluding carboxylic acids is 2. The van der Waals surface area contributed by atoms with Crippen molar-refractivity contribution in [1.82, 2.24) is 30.0 Å². The maximum absolute atomic E-state index is 12.9. The van der Waals surface area contributed by atoms with Crippen LogP contribution in [0.5, 0.6) is 11.5 Å². The van der Waals surface area contributed by atoms with Crippen LogP contribution in [0.15, 0.2) is 84.0 Å². The molecule has 2 aromatic heterocycles. The number of hydrogen-bond donors (Lipinski definition) is 2. The number of anilines is 1. The van der Waals surface area contributed by atoms with Gasteiger partial charge in [0.2, 0.25) is 5.91 Å². The van der Waals surface area contributed by atoms with E-state index in [-0.39, 0.29) is 24.5 Å². The number of ether oxygens (including phenoxy) is 4. The van der Waals surface area contributed by atoms with E-state index in [4.69, 9.17) is 29.8 Å². The molecule has 0 radical (unpaired) electrons. The molecule has 14 heteroatoms. The fourth-order valence-corrected chi connectivity index (χ4v) is 7.33. The summed E-state index contributed by atoms with van der Waals surface area (Å²) in [5.74, 6) is 2.59. The van der Waals surface area contributed by atoms with Gasteiger partial charge in [0.05, 0.1) is 44.5 Å². The van der Waals surface area contributed by atoms with Crippen LogP contribution in [0.3, 0.4) is 0 Å². The molecule has 3 N–H and O–H groups in total. The average Bonchev–Trinajstić information content (AvgIpc) is 3.76. The molecule has 0 unspecified atom stereocenters. The zero-order chi connectivity index (χ0) is 35.7. The minimum atomic E-state index is -0.0427. The summed E-state index contributed by atoms with van der Waals surface area (Å²) in [4.78, 5) is 36.5. The number of nitrogen functional groups attached to an aromatic ring is 1. The van der Waals surface area contributed by atoms with Crippen molar-refractivity contribution >= 4 is 40.4 Å². The summed E-state index contributed by atoms with van der Waals surface area (Å²) in [6.45, 7) is 3.98. The SMILES string of the molecule is Nc1ncnc2c1c(-c1ccc(Oc3ccccc3)cc1)nn2C1CCN(C(=O)COCCOCCOCCSc2cccc3c2CNC3=O)CC1. The van der Waals surface area contributed by atoms with E-state index in [1.807, 2.05) is 82.4 Å². The minimum absolute atomic E-state index is 0.00831. The maximum atomic E-state index is 12.9. The molecule has 2 amide bonds. The van der Waals surface area contributed by atoms with Crippen molar-refractivity contribution in [3.8, 4) is 22.8 Å². The molecule has 0 spiro atoms. The van der Waals surface area contributed by atoms with Gasteiger partial charge in [-0.05, 0) is 66.9 Å². The Morgan fingerprint density at radius 1 is 0.865 bits per heavy atom. The number of aromatic nitrogens is 4. The number of amides is 2. The van der Waals surface area contributed by atoms with E-state index in [2.05, 4.69) is 15.3 Å². The number of nitrogens with two attached hydrogens (primary N) is 1.